The second kappa shape index (κ2) is 7.10. The zero-order valence-electron chi connectivity index (χ0n) is 11.8. The van der Waals surface area contributed by atoms with Crippen molar-refractivity contribution in [3.05, 3.63) is 54.1 Å². The van der Waals surface area contributed by atoms with E-state index in [4.69, 9.17) is 0 Å². The zero-order valence-corrected chi connectivity index (χ0v) is 11.8. The van der Waals surface area contributed by atoms with E-state index in [0.717, 1.165) is 25.9 Å². The van der Waals surface area contributed by atoms with E-state index in [1.165, 1.54) is 11.1 Å². The highest BCUT2D eigenvalue weighted by molar-refractivity contribution is 5.26. The largest absolute Gasteiger partial charge is 0.337 e. The van der Waals surface area contributed by atoms with Crippen LogP contribution >= 0.6 is 0 Å². The maximum atomic E-state index is 4.04. The summed E-state index contributed by atoms with van der Waals surface area (Å²) in [7, 11) is 0. The van der Waals surface area contributed by atoms with Crippen LogP contribution < -0.4 is 5.32 Å². The van der Waals surface area contributed by atoms with Crippen molar-refractivity contribution in [2.45, 2.75) is 39.3 Å². The van der Waals surface area contributed by atoms with E-state index in [1.807, 2.05) is 18.7 Å². The predicted octanol–water partition coefficient (Wildman–Crippen LogP) is 2.80. The van der Waals surface area contributed by atoms with Gasteiger partial charge in [0, 0.05) is 25.0 Å². The number of nitrogens with zero attached hydrogens (tertiary/aromatic N) is 2. The third-order valence-corrected chi connectivity index (χ3v) is 3.43. The first-order valence-electron chi connectivity index (χ1n) is 6.99. The molecule has 1 aromatic carbocycles. The van der Waals surface area contributed by atoms with Gasteiger partial charge in [0.25, 0.3) is 0 Å². The Hall–Kier alpha value is -1.61. The summed E-state index contributed by atoms with van der Waals surface area (Å²) in [5.74, 6) is 0. The average Bonchev–Trinajstić information content (AvgIpc) is 2.91. The van der Waals surface area contributed by atoms with E-state index in [-0.39, 0.29) is 0 Å². The fourth-order valence-electron chi connectivity index (χ4n) is 2.27. The molecule has 1 heterocycles. The van der Waals surface area contributed by atoms with Crippen molar-refractivity contribution in [2.75, 3.05) is 6.54 Å². The molecule has 2 rings (SSSR count). The number of nitrogens with one attached hydrogen (secondary N) is 1. The summed E-state index contributed by atoms with van der Waals surface area (Å²) in [5, 5.41) is 3.59. The van der Waals surface area contributed by atoms with Gasteiger partial charge in [-0.25, -0.2) is 4.98 Å². The highest BCUT2D eigenvalue weighted by Crippen LogP contribution is 2.09. The molecule has 0 spiro atoms. The van der Waals surface area contributed by atoms with Crippen LogP contribution in [0.15, 0.2) is 43.0 Å². The van der Waals surface area contributed by atoms with Gasteiger partial charge in [-0.3, -0.25) is 0 Å². The Morgan fingerprint density at radius 3 is 2.89 bits per heavy atom. The number of hydrogen-bond donors (Lipinski definition) is 1. The van der Waals surface area contributed by atoms with Crippen molar-refractivity contribution in [3.63, 3.8) is 0 Å². The summed E-state index contributed by atoms with van der Waals surface area (Å²) in [6.07, 6.45) is 7.94. The Kier molecular flexibility index (Phi) is 5.16. The summed E-state index contributed by atoms with van der Waals surface area (Å²) in [6, 6.07) is 9.14. The van der Waals surface area contributed by atoms with Crippen LogP contribution in [0.25, 0.3) is 0 Å². The van der Waals surface area contributed by atoms with Gasteiger partial charge < -0.3 is 9.88 Å². The van der Waals surface area contributed by atoms with Gasteiger partial charge in [-0.1, -0.05) is 24.3 Å². The maximum Gasteiger partial charge on any atom is 0.0945 e. The van der Waals surface area contributed by atoms with Gasteiger partial charge in [0.2, 0.25) is 0 Å². The van der Waals surface area contributed by atoms with Crippen LogP contribution in [0, 0.1) is 6.92 Å². The predicted molar refractivity (Wildman–Crippen MR) is 79.2 cm³/mol. The van der Waals surface area contributed by atoms with E-state index in [1.54, 1.807) is 0 Å². The lowest BCUT2D eigenvalue weighted by Gasteiger charge is -2.15. The third kappa shape index (κ3) is 4.52. The van der Waals surface area contributed by atoms with Crippen molar-refractivity contribution in [1.82, 2.24) is 14.9 Å². The van der Waals surface area contributed by atoms with Gasteiger partial charge >= 0.3 is 0 Å². The molecule has 1 N–H and O–H groups in total. The normalized spacial score (nSPS) is 12.5. The van der Waals surface area contributed by atoms with Crippen LogP contribution in [0.5, 0.6) is 0 Å². The van der Waals surface area contributed by atoms with Crippen molar-refractivity contribution in [1.29, 1.82) is 0 Å². The fraction of sp³-hybridized carbons (Fsp3) is 0.438. The van der Waals surface area contributed by atoms with Crippen molar-refractivity contribution in [3.8, 4) is 0 Å². The number of aryl methyl sites for hydroxylation is 2. The first-order valence-corrected chi connectivity index (χ1v) is 6.99. The Morgan fingerprint density at radius 2 is 2.16 bits per heavy atom. The van der Waals surface area contributed by atoms with Crippen LogP contribution in [-0.2, 0) is 13.0 Å². The Bertz CT molecular complexity index is 476. The van der Waals surface area contributed by atoms with Crippen LogP contribution in [0.3, 0.4) is 0 Å². The molecule has 102 valence electrons. The van der Waals surface area contributed by atoms with Gasteiger partial charge in [0.05, 0.1) is 6.33 Å². The monoisotopic (exact) mass is 257 g/mol. The minimum Gasteiger partial charge on any atom is -0.337 e. The first kappa shape index (κ1) is 13.8. The minimum absolute atomic E-state index is 0.517. The zero-order chi connectivity index (χ0) is 13.5. The van der Waals surface area contributed by atoms with Crippen LogP contribution in [0.1, 0.15) is 24.5 Å². The molecule has 1 atom stereocenters. The highest BCUT2D eigenvalue weighted by atomic mass is 15.0. The number of benzene rings is 1. The van der Waals surface area contributed by atoms with Crippen molar-refractivity contribution < 1.29 is 0 Å². The standard InChI is InChI=1S/C16H23N3/c1-14-6-3-4-7-16(14)12-15(2)18-8-5-10-19-11-9-17-13-19/h3-4,6-7,9,11,13,15,18H,5,8,10,12H2,1-2H3. The Balaban J connectivity index is 1.67. The van der Waals surface area contributed by atoms with Crippen LogP contribution in [0.2, 0.25) is 0 Å². The second-order valence-electron chi connectivity index (χ2n) is 5.14. The topological polar surface area (TPSA) is 29.9 Å². The molecular weight excluding hydrogens is 234 g/mol. The van der Waals surface area contributed by atoms with Crippen LogP contribution in [0.4, 0.5) is 0 Å². The summed E-state index contributed by atoms with van der Waals surface area (Å²) >= 11 is 0. The summed E-state index contributed by atoms with van der Waals surface area (Å²) in [6.45, 7) is 6.51. The quantitative estimate of drug-likeness (QED) is 0.773. The van der Waals surface area contributed by atoms with E-state index in [0.29, 0.717) is 6.04 Å². The summed E-state index contributed by atoms with van der Waals surface area (Å²) < 4.78 is 2.12. The first-order chi connectivity index (χ1) is 9.25. The molecule has 1 aromatic heterocycles. The molecule has 0 aliphatic rings. The molecule has 0 saturated heterocycles. The van der Waals surface area contributed by atoms with E-state index in [9.17, 15) is 0 Å². The molecular formula is C16H23N3. The number of imidazole rings is 1. The molecule has 0 saturated carbocycles. The van der Waals surface area contributed by atoms with E-state index < -0.39 is 0 Å². The van der Waals surface area contributed by atoms with Gasteiger partial charge in [-0.2, -0.15) is 0 Å². The van der Waals surface area contributed by atoms with E-state index >= 15 is 0 Å². The summed E-state index contributed by atoms with van der Waals surface area (Å²) in [5.41, 5.74) is 2.83. The van der Waals surface area contributed by atoms with Crippen molar-refractivity contribution in [2.24, 2.45) is 0 Å². The molecule has 3 heteroatoms. The molecule has 19 heavy (non-hydrogen) atoms. The van der Waals surface area contributed by atoms with E-state index in [2.05, 4.69) is 53.0 Å². The summed E-state index contributed by atoms with van der Waals surface area (Å²) in [4.78, 5) is 4.04. The van der Waals surface area contributed by atoms with Crippen LogP contribution in [-0.4, -0.2) is 22.1 Å². The number of hydrogen-bond acceptors (Lipinski definition) is 2. The van der Waals surface area contributed by atoms with Gasteiger partial charge in [0.1, 0.15) is 0 Å². The molecule has 0 radical (unpaired) electrons. The second-order valence-corrected chi connectivity index (χ2v) is 5.14. The Labute approximate surface area is 115 Å². The maximum absolute atomic E-state index is 4.04. The lowest BCUT2D eigenvalue weighted by atomic mass is 10.0. The van der Waals surface area contributed by atoms with Gasteiger partial charge in [-0.15, -0.1) is 0 Å². The molecule has 2 aromatic rings. The number of rotatable bonds is 7. The smallest absolute Gasteiger partial charge is 0.0945 e. The van der Waals surface area contributed by atoms with Gasteiger partial charge in [-0.05, 0) is 44.4 Å². The molecule has 0 fully saturated rings. The number of aromatic nitrogens is 2. The van der Waals surface area contributed by atoms with Gasteiger partial charge in [0.15, 0.2) is 0 Å². The molecule has 0 amide bonds. The Morgan fingerprint density at radius 1 is 1.32 bits per heavy atom. The molecule has 0 bridgehead atoms. The average molecular weight is 257 g/mol. The fourth-order valence-corrected chi connectivity index (χ4v) is 2.27. The molecule has 0 aliphatic heterocycles. The molecule has 3 nitrogen and oxygen atoms in total. The lowest BCUT2D eigenvalue weighted by molar-refractivity contribution is 0.509. The minimum atomic E-state index is 0.517. The lowest BCUT2D eigenvalue weighted by Crippen LogP contribution is -2.29. The highest BCUT2D eigenvalue weighted by Gasteiger charge is 2.04. The van der Waals surface area contributed by atoms with Crippen molar-refractivity contribution >= 4 is 0 Å². The SMILES string of the molecule is Cc1ccccc1CC(C)NCCCn1ccnc1. The molecule has 0 aliphatic carbocycles. The third-order valence-electron chi connectivity index (χ3n) is 3.43. The molecule has 1 unspecified atom stereocenters.